The lowest BCUT2D eigenvalue weighted by atomic mass is 9.95. The van der Waals surface area contributed by atoms with Crippen LogP contribution in [0.15, 0.2) is 18.3 Å². The van der Waals surface area contributed by atoms with Gasteiger partial charge in [-0.2, -0.15) is 13.2 Å². The Hall–Kier alpha value is -1.88. The number of pyridine rings is 1. The van der Waals surface area contributed by atoms with Gasteiger partial charge in [0, 0.05) is 58.3 Å². The molecule has 11 heteroatoms. The Labute approximate surface area is 174 Å². The molecule has 2 aliphatic rings. The van der Waals surface area contributed by atoms with Crippen LogP contribution in [-0.2, 0) is 20.8 Å². The molecule has 3 rings (SSSR count). The Balaban J connectivity index is 1.60. The molecule has 1 atom stereocenters. The minimum atomic E-state index is -4.50. The molecule has 0 aliphatic carbocycles. The first-order chi connectivity index (χ1) is 14.0. The average Bonchev–Trinajstić information content (AvgIpc) is 2.71. The quantitative estimate of drug-likeness (QED) is 0.680. The summed E-state index contributed by atoms with van der Waals surface area (Å²) in [7, 11) is -3.03. The SMILES string of the molecule is CS(=O)(=O)CCN1CCN(C(=O)C2CCCN(c3ncccc3C(F)(F)F)C2)CC1. The van der Waals surface area contributed by atoms with E-state index in [0.717, 1.165) is 6.07 Å². The largest absolute Gasteiger partial charge is 0.419 e. The highest BCUT2D eigenvalue weighted by Gasteiger charge is 2.38. The van der Waals surface area contributed by atoms with Crippen molar-refractivity contribution in [2.75, 3.05) is 62.7 Å². The summed E-state index contributed by atoms with van der Waals surface area (Å²) >= 11 is 0. The predicted octanol–water partition coefficient (Wildman–Crippen LogP) is 1.51. The topological polar surface area (TPSA) is 73.8 Å². The molecule has 0 spiro atoms. The smallest absolute Gasteiger partial charge is 0.355 e. The van der Waals surface area contributed by atoms with Crippen molar-refractivity contribution in [2.45, 2.75) is 19.0 Å². The van der Waals surface area contributed by atoms with Gasteiger partial charge in [0.2, 0.25) is 5.91 Å². The summed E-state index contributed by atoms with van der Waals surface area (Å²) in [6.07, 6.45) is -0.696. The first-order valence-electron chi connectivity index (χ1n) is 10.0. The van der Waals surface area contributed by atoms with Crippen molar-refractivity contribution < 1.29 is 26.4 Å². The first kappa shape index (κ1) is 22.8. The molecule has 1 amide bonds. The highest BCUT2D eigenvalue weighted by Crippen LogP contribution is 2.36. The fraction of sp³-hybridized carbons (Fsp3) is 0.684. The summed E-state index contributed by atoms with van der Waals surface area (Å²) in [4.78, 5) is 22.3. The number of carbonyl (C=O) groups is 1. The second-order valence-corrected chi connectivity index (χ2v) is 10.2. The average molecular weight is 449 g/mol. The van der Waals surface area contributed by atoms with Gasteiger partial charge in [-0.1, -0.05) is 0 Å². The van der Waals surface area contributed by atoms with Crippen molar-refractivity contribution in [1.29, 1.82) is 0 Å². The minimum Gasteiger partial charge on any atom is -0.355 e. The van der Waals surface area contributed by atoms with Crippen molar-refractivity contribution in [3.8, 4) is 0 Å². The molecule has 2 aliphatic heterocycles. The minimum absolute atomic E-state index is 0.0491. The number of nitrogens with zero attached hydrogens (tertiary/aromatic N) is 4. The normalized spacial score (nSPS) is 21.7. The molecule has 30 heavy (non-hydrogen) atoms. The molecular formula is C19H27F3N4O3S. The van der Waals surface area contributed by atoms with E-state index in [2.05, 4.69) is 4.98 Å². The molecule has 3 heterocycles. The number of piperazine rings is 1. The number of halogens is 3. The van der Waals surface area contributed by atoms with Gasteiger partial charge in [-0.05, 0) is 25.0 Å². The molecule has 2 fully saturated rings. The molecule has 168 valence electrons. The Bertz CT molecular complexity index is 855. The molecule has 0 aromatic carbocycles. The predicted molar refractivity (Wildman–Crippen MR) is 107 cm³/mol. The molecule has 0 radical (unpaired) electrons. The Morgan fingerprint density at radius 3 is 2.53 bits per heavy atom. The van der Waals surface area contributed by atoms with Gasteiger partial charge >= 0.3 is 6.18 Å². The zero-order valence-corrected chi connectivity index (χ0v) is 17.8. The van der Waals surface area contributed by atoms with Crippen LogP contribution in [0.5, 0.6) is 0 Å². The van der Waals surface area contributed by atoms with Crippen molar-refractivity contribution in [2.24, 2.45) is 5.92 Å². The lowest BCUT2D eigenvalue weighted by molar-refractivity contribution is -0.137. The van der Waals surface area contributed by atoms with Crippen molar-refractivity contribution in [3.05, 3.63) is 23.9 Å². The van der Waals surface area contributed by atoms with Crippen LogP contribution in [0.2, 0.25) is 0 Å². The van der Waals surface area contributed by atoms with Gasteiger partial charge in [-0.15, -0.1) is 0 Å². The fourth-order valence-corrected chi connectivity index (χ4v) is 4.58. The van der Waals surface area contributed by atoms with E-state index in [1.165, 1.54) is 18.5 Å². The van der Waals surface area contributed by atoms with E-state index < -0.39 is 21.6 Å². The van der Waals surface area contributed by atoms with Crippen LogP contribution in [-0.4, -0.2) is 86.9 Å². The van der Waals surface area contributed by atoms with Gasteiger partial charge < -0.3 is 9.80 Å². The van der Waals surface area contributed by atoms with Crippen LogP contribution in [0.4, 0.5) is 19.0 Å². The van der Waals surface area contributed by atoms with E-state index in [1.54, 1.807) is 9.80 Å². The van der Waals surface area contributed by atoms with Crippen LogP contribution < -0.4 is 4.90 Å². The third-order valence-corrected chi connectivity index (χ3v) is 6.55. The third kappa shape index (κ3) is 5.84. The molecule has 1 unspecified atom stereocenters. The van der Waals surface area contributed by atoms with Crippen LogP contribution >= 0.6 is 0 Å². The van der Waals surface area contributed by atoms with Gasteiger partial charge in [0.25, 0.3) is 0 Å². The summed E-state index contributed by atoms with van der Waals surface area (Å²) in [5, 5.41) is 0. The maximum Gasteiger partial charge on any atom is 0.419 e. The molecule has 1 aromatic heterocycles. The summed E-state index contributed by atoms with van der Waals surface area (Å²) in [5.41, 5.74) is -0.780. The number of carbonyl (C=O) groups excluding carboxylic acids is 1. The van der Waals surface area contributed by atoms with Gasteiger partial charge in [0.15, 0.2) is 0 Å². The van der Waals surface area contributed by atoms with E-state index in [-0.39, 0.29) is 29.9 Å². The maximum absolute atomic E-state index is 13.3. The maximum atomic E-state index is 13.3. The van der Waals surface area contributed by atoms with Gasteiger partial charge in [0.1, 0.15) is 15.7 Å². The lowest BCUT2D eigenvalue weighted by Gasteiger charge is -2.39. The summed E-state index contributed by atoms with van der Waals surface area (Å²) in [6.45, 7) is 3.27. The Morgan fingerprint density at radius 2 is 1.90 bits per heavy atom. The van der Waals surface area contributed by atoms with Crippen molar-refractivity contribution >= 4 is 21.6 Å². The molecule has 1 aromatic rings. The third-order valence-electron chi connectivity index (χ3n) is 5.62. The molecule has 2 saturated heterocycles. The monoisotopic (exact) mass is 448 g/mol. The standard InChI is InChI=1S/C19H27F3N4O3S/c1-30(28,29)13-12-24-8-10-25(11-9-24)18(27)15-4-3-7-26(14-15)17-16(19(20,21)22)5-2-6-23-17/h2,5-6,15H,3-4,7-14H2,1H3. The molecule has 0 saturated carbocycles. The zero-order chi connectivity index (χ0) is 21.9. The number of hydrogen-bond donors (Lipinski definition) is 0. The van der Waals surface area contributed by atoms with E-state index in [0.29, 0.717) is 52.1 Å². The molecule has 7 nitrogen and oxygen atoms in total. The number of amides is 1. The van der Waals surface area contributed by atoms with Crippen molar-refractivity contribution in [3.63, 3.8) is 0 Å². The second-order valence-electron chi connectivity index (χ2n) is 7.95. The number of hydrogen-bond acceptors (Lipinski definition) is 6. The highest BCUT2D eigenvalue weighted by molar-refractivity contribution is 7.90. The zero-order valence-electron chi connectivity index (χ0n) is 16.9. The van der Waals surface area contributed by atoms with Gasteiger partial charge in [-0.25, -0.2) is 13.4 Å². The van der Waals surface area contributed by atoms with Gasteiger partial charge in [0.05, 0.1) is 17.2 Å². The number of sulfone groups is 1. The second kappa shape index (κ2) is 9.09. The summed E-state index contributed by atoms with van der Waals surface area (Å²) in [6, 6.07) is 2.28. The number of anilines is 1. The van der Waals surface area contributed by atoms with Crippen LogP contribution in [0.1, 0.15) is 18.4 Å². The number of alkyl halides is 3. The lowest BCUT2D eigenvalue weighted by Crippen LogP contribution is -2.53. The Morgan fingerprint density at radius 1 is 1.20 bits per heavy atom. The molecule has 0 N–H and O–H groups in total. The van der Waals surface area contributed by atoms with E-state index in [1.807, 2.05) is 4.90 Å². The van der Waals surface area contributed by atoms with Crippen LogP contribution in [0, 0.1) is 5.92 Å². The fourth-order valence-electron chi connectivity index (χ4n) is 3.99. The van der Waals surface area contributed by atoms with E-state index in [4.69, 9.17) is 0 Å². The van der Waals surface area contributed by atoms with Gasteiger partial charge in [-0.3, -0.25) is 9.69 Å². The highest BCUT2D eigenvalue weighted by atomic mass is 32.2. The number of piperidine rings is 1. The molecular weight excluding hydrogens is 421 g/mol. The molecule has 0 bridgehead atoms. The van der Waals surface area contributed by atoms with Crippen LogP contribution in [0.25, 0.3) is 0 Å². The van der Waals surface area contributed by atoms with Crippen LogP contribution in [0.3, 0.4) is 0 Å². The summed E-state index contributed by atoms with van der Waals surface area (Å²) in [5.74, 6) is -0.450. The van der Waals surface area contributed by atoms with E-state index in [9.17, 15) is 26.4 Å². The number of aromatic nitrogens is 1. The summed E-state index contributed by atoms with van der Waals surface area (Å²) < 4.78 is 62.6. The van der Waals surface area contributed by atoms with Crippen molar-refractivity contribution in [1.82, 2.24) is 14.8 Å². The Kier molecular flexibility index (Phi) is 6.91. The first-order valence-corrected chi connectivity index (χ1v) is 12.1. The number of rotatable bonds is 5. The van der Waals surface area contributed by atoms with E-state index >= 15 is 0 Å².